The maximum absolute atomic E-state index is 3.63. The lowest BCUT2D eigenvalue weighted by Crippen LogP contribution is -1.77. The van der Waals surface area contributed by atoms with Gasteiger partial charge in [-0.05, 0) is 28.7 Å². The second-order valence-electron chi connectivity index (χ2n) is 3.96. The fraction of sp³-hybridized carbons (Fsp3) is 0. The SMILES string of the molecule is C=C/C=C\C=C/Sc1cccc(-c2ccccc2)c1. The zero-order valence-electron chi connectivity index (χ0n) is 10.7. The lowest BCUT2D eigenvalue weighted by Gasteiger charge is -2.03. The van der Waals surface area contributed by atoms with Gasteiger partial charge >= 0.3 is 0 Å². The van der Waals surface area contributed by atoms with Crippen LogP contribution in [0.2, 0.25) is 0 Å². The smallest absolute Gasteiger partial charge is 0.0122 e. The standard InChI is InChI=1S/C18H16S/c1-2-3-4-8-14-19-18-13-9-12-17(15-18)16-10-6-5-7-11-16/h2-15H,1H2/b4-3-,14-8-. The molecule has 0 saturated carbocycles. The van der Waals surface area contributed by atoms with Gasteiger partial charge in [-0.1, -0.05) is 85.1 Å². The monoisotopic (exact) mass is 264 g/mol. The first-order chi connectivity index (χ1) is 9.40. The van der Waals surface area contributed by atoms with Gasteiger partial charge in [0, 0.05) is 4.90 Å². The van der Waals surface area contributed by atoms with E-state index in [2.05, 4.69) is 60.5 Å². The van der Waals surface area contributed by atoms with Gasteiger partial charge in [0.25, 0.3) is 0 Å². The van der Waals surface area contributed by atoms with Crippen molar-refractivity contribution in [3.63, 3.8) is 0 Å². The number of benzene rings is 2. The summed E-state index contributed by atoms with van der Waals surface area (Å²) in [6.45, 7) is 3.63. The Labute approximate surface area is 119 Å². The molecule has 0 aliphatic carbocycles. The molecule has 2 aromatic carbocycles. The van der Waals surface area contributed by atoms with Crippen molar-refractivity contribution >= 4 is 11.8 Å². The summed E-state index contributed by atoms with van der Waals surface area (Å²) in [7, 11) is 0. The zero-order chi connectivity index (χ0) is 13.3. The Morgan fingerprint density at radius 2 is 1.58 bits per heavy atom. The van der Waals surface area contributed by atoms with E-state index in [1.807, 2.05) is 24.3 Å². The highest BCUT2D eigenvalue weighted by Crippen LogP contribution is 2.26. The number of thioether (sulfide) groups is 1. The molecule has 0 aromatic heterocycles. The summed E-state index contributed by atoms with van der Waals surface area (Å²) in [5.41, 5.74) is 2.50. The molecule has 0 fully saturated rings. The highest BCUT2D eigenvalue weighted by atomic mass is 32.2. The molecule has 0 spiro atoms. The van der Waals surface area contributed by atoms with Gasteiger partial charge in [-0.2, -0.15) is 0 Å². The van der Waals surface area contributed by atoms with E-state index >= 15 is 0 Å². The maximum Gasteiger partial charge on any atom is 0.0122 e. The van der Waals surface area contributed by atoms with Crippen molar-refractivity contribution in [3.8, 4) is 11.1 Å². The van der Waals surface area contributed by atoms with Crippen LogP contribution in [0.3, 0.4) is 0 Å². The van der Waals surface area contributed by atoms with Crippen molar-refractivity contribution in [2.24, 2.45) is 0 Å². The molecule has 0 nitrogen and oxygen atoms in total. The van der Waals surface area contributed by atoms with Gasteiger partial charge < -0.3 is 0 Å². The number of hydrogen-bond donors (Lipinski definition) is 0. The van der Waals surface area contributed by atoms with Crippen molar-refractivity contribution in [1.82, 2.24) is 0 Å². The summed E-state index contributed by atoms with van der Waals surface area (Å²) < 4.78 is 0. The second-order valence-corrected chi connectivity index (χ2v) is 4.94. The van der Waals surface area contributed by atoms with Crippen LogP contribution >= 0.6 is 11.8 Å². The van der Waals surface area contributed by atoms with Crippen LogP contribution in [0.4, 0.5) is 0 Å². The van der Waals surface area contributed by atoms with Crippen molar-refractivity contribution in [2.75, 3.05) is 0 Å². The van der Waals surface area contributed by atoms with Crippen LogP contribution < -0.4 is 0 Å². The summed E-state index contributed by atoms with van der Waals surface area (Å²) >= 11 is 1.71. The van der Waals surface area contributed by atoms with E-state index in [0.29, 0.717) is 0 Å². The molecule has 2 rings (SSSR count). The molecule has 19 heavy (non-hydrogen) atoms. The number of allylic oxidation sites excluding steroid dienone is 4. The average molecular weight is 264 g/mol. The Morgan fingerprint density at radius 1 is 0.789 bits per heavy atom. The van der Waals surface area contributed by atoms with Crippen molar-refractivity contribution < 1.29 is 0 Å². The summed E-state index contributed by atoms with van der Waals surface area (Å²) in [4.78, 5) is 1.24. The molecule has 0 bridgehead atoms. The van der Waals surface area contributed by atoms with Crippen molar-refractivity contribution in [1.29, 1.82) is 0 Å². The van der Waals surface area contributed by atoms with E-state index in [1.165, 1.54) is 16.0 Å². The molecule has 0 saturated heterocycles. The maximum atomic E-state index is 3.63. The summed E-state index contributed by atoms with van der Waals surface area (Å²) in [5.74, 6) is 0. The van der Waals surface area contributed by atoms with Crippen molar-refractivity contribution in [3.05, 3.63) is 90.9 Å². The van der Waals surface area contributed by atoms with Crippen molar-refractivity contribution in [2.45, 2.75) is 4.90 Å². The molecule has 1 heteroatoms. The van der Waals surface area contributed by atoms with Crippen LogP contribution in [0.15, 0.2) is 95.8 Å². The van der Waals surface area contributed by atoms with E-state index in [-0.39, 0.29) is 0 Å². The molecule has 0 N–H and O–H groups in total. The Hall–Kier alpha value is -1.99. The highest BCUT2D eigenvalue weighted by Gasteiger charge is 1.97. The van der Waals surface area contributed by atoms with E-state index in [0.717, 1.165) is 0 Å². The van der Waals surface area contributed by atoms with Crippen LogP contribution in [0.5, 0.6) is 0 Å². The van der Waals surface area contributed by atoms with Gasteiger partial charge in [0.05, 0.1) is 0 Å². The summed E-state index contributed by atoms with van der Waals surface area (Å²) in [6.07, 6.45) is 7.67. The van der Waals surface area contributed by atoms with E-state index in [4.69, 9.17) is 0 Å². The van der Waals surface area contributed by atoms with Crippen LogP contribution in [-0.4, -0.2) is 0 Å². The third-order valence-electron chi connectivity index (χ3n) is 2.58. The lowest BCUT2D eigenvalue weighted by molar-refractivity contribution is 1.46. The molecule has 0 aliphatic rings. The minimum Gasteiger partial charge on any atom is -0.0991 e. The van der Waals surface area contributed by atoms with Crippen LogP contribution in [0.25, 0.3) is 11.1 Å². The minimum absolute atomic E-state index is 1.24. The first-order valence-corrected chi connectivity index (χ1v) is 7.04. The number of rotatable bonds is 5. The van der Waals surface area contributed by atoms with Crippen LogP contribution in [-0.2, 0) is 0 Å². The Balaban J connectivity index is 2.10. The minimum atomic E-state index is 1.24. The summed E-state index contributed by atoms with van der Waals surface area (Å²) in [5, 5.41) is 2.07. The summed E-state index contributed by atoms with van der Waals surface area (Å²) in [6, 6.07) is 19.0. The Kier molecular flexibility index (Phi) is 5.27. The molecule has 0 unspecified atom stereocenters. The fourth-order valence-electron chi connectivity index (χ4n) is 1.69. The predicted molar refractivity (Wildman–Crippen MR) is 86.2 cm³/mol. The zero-order valence-corrected chi connectivity index (χ0v) is 11.5. The largest absolute Gasteiger partial charge is 0.0991 e. The third kappa shape index (κ3) is 4.31. The van der Waals surface area contributed by atoms with Gasteiger partial charge in [-0.25, -0.2) is 0 Å². The van der Waals surface area contributed by atoms with E-state index < -0.39 is 0 Å². The number of hydrogen-bond acceptors (Lipinski definition) is 1. The van der Waals surface area contributed by atoms with E-state index in [1.54, 1.807) is 17.8 Å². The second kappa shape index (κ2) is 7.45. The van der Waals surface area contributed by atoms with E-state index in [9.17, 15) is 0 Å². The van der Waals surface area contributed by atoms with Gasteiger partial charge in [-0.3, -0.25) is 0 Å². The van der Waals surface area contributed by atoms with Gasteiger partial charge in [0.15, 0.2) is 0 Å². The van der Waals surface area contributed by atoms with Crippen LogP contribution in [0, 0.1) is 0 Å². The average Bonchev–Trinajstić information content (AvgIpc) is 2.48. The highest BCUT2D eigenvalue weighted by molar-refractivity contribution is 8.02. The molecule has 0 atom stereocenters. The van der Waals surface area contributed by atoms with Gasteiger partial charge in [0.2, 0.25) is 0 Å². The topological polar surface area (TPSA) is 0 Å². The third-order valence-corrected chi connectivity index (χ3v) is 3.40. The Morgan fingerprint density at radius 3 is 2.37 bits per heavy atom. The molecule has 2 aromatic rings. The van der Waals surface area contributed by atoms with Gasteiger partial charge in [0.1, 0.15) is 0 Å². The molecule has 0 heterocycles. The van der Waals surface area contributed by atoms with Gasteiger partial charge in [-0.15, -0.1) is 0 Å². The molecule has 0 aliphatic heterocycles. The predicted octanol–water partition coefficient (Wildman–Crippen LogP) is 5.70. The molecule has 94 valence electrons. The molecule has 0 amide bonds. The Bertz CT molecular complexity index is 580. The first kappa shape index (κ1) is 13.4. The molecular formula is C18H16S. The first-order valence-electron chi connectivity index (χ1n) is 6.16. The molecular weight excluding hydrogens is 248 g/mol. The molecule has 0 radical (unpaired) electrons. The van der Waals surface area contributed by atoms with Crippen LogP contribution in [0.1, 0.15) is 0 Å². The fourth-order valence-corrected chi connectivity index (χ4v) is 2.36. The lowest BCUT2D eigenvalue weighted by atomic mass is 10.1. The normalized spacial score (nSPS) is 11.2. The quantitative estimate of drug-likeness (QED) is 0.493.